The van der Waals surface area contributed by atoms with Crippen LogP contribution in [0.15, 0.2) is 24.5 Å². The van der Waals surface area contributed by atoms with Crippen LogP contribution >= 0.6 is 0 Å². The molecular weight excluding hydrogens is 413 g/mol. The third-order valence-corrected chi connectivity index (χ3v) is 5.80. The van der Waals surface area contributed by atoms with E-state index in [1.165, 1.54) is 12.4 Å². The fourth-order valence-corrected chi connectivity index (χ4v) is 3.94. The molecule has 0 bridgehead atoms. The summed E-state index contributed by atoms with van der Waals surface area (Å²) in [6, 6.07) is 2.72. The number of nitrogens with one attached hydrogen (secondary N) is 2. The topological polar surface area (TPSA) is 113 Å². The van der Waals surface area contributed by atoms with Crippen LogP contribution in [0.3, 0.4) is 0 Å². The maximum absolute atomic E-state index is 13.1. The van der Waals surface area contributed by atoms with Gasteiger partial charge in [-0.2, -0.15) is 13.2 Å². The monoisotopic (exact) mass is 436 g/mol. The van der Waals surface area contributed by atoms with Gasteiger partial charge in [-0.1, -0.05) is 0 Å². The number of fused-ring (bicyclic) bond motifs is 1. The van der Waals surface area contributed by atoms with Gasteiger partial charge >= 0.3 is 6.18 Å². The number of amides is 2. The molecule has 1 saturated carbocycles. The Hall–Kier alpha value is -2.95. The molecular formula is C20H23F3N6O2. The first-order valence-corrected chi connectivity index (χ1v) is 10.1. The van der Waals surface area contributed by atoms with E-state index in [4.69, 9.17) is 5.73 Å². The van der Waals surface area contributed by atoms with Crippen molar-refractivity contribution >= 4 is 28.5 Å². The average molecular weight is 436 g/mol. The number of alkyl halides is 3. The molecule has 4 N–H and O–H groups in total. The van der Waals surface area contributed by atoms with E-state index in [0.29, 0.717) is 44.4 Å². The maximum atomic E-state index is 13.1. The Morgan fingerprint density at radius 1 is 1.26 bits per heavy atom. The molecule has 1 aromatic heterocycles. The molecule has 0 radical (unpaired) electrons. The third kappa shape index (κ3) is 4.55. The lowest BCUT2D eigenvalue weighted by molar-refractivity contribution is -0.137. The van der Waals surface area contributed by atoms with Crippen LogP contribution in [-0.2, 0) is 15.8 Å². The van der Waals surface area contributed by atoms with Gasteiger partial charge < -0.3 is 21.3 Å². The van der Waals surface area contributed by atoms with E-state index in [2.05, 4.69) is 20.6 Å². The van der Waals surface area contributed by atoms with Crippen molar-refractivity contribution in [3.8, 4) is 0 Å². The lowest BCUT2D eigenvalue weighted by atomic mass is 9.80. The van der Waals surface area contributed by atoms with Gasteiger partial charge in [0.05, 0.1) is 11.1 Å². The summed E-state index contributed by atoms with van der Waals surface area (Å²) < 4.78 is 39.2. The summed E-state index contributed by atoms with van der Waals surface area (Å²) in [5.74, 6) is -0.0909. The van der Waals surface area contributed by atoms with Crippen LogP contribution in [0.5, 0.6) is 0 Å². The highest BCUT2D eigenvalue weighted by molar-refractivity contribution is 5.93. The van der Waals surface area contributed by atoms with Crippen LogP contribution in [-0.4, -0.2) is 58.4 Å². The highest BCUT2D eigenvalue weighted by Gasteiger charge is 2.34. The molecule has 2 aliphatic rings. The zero-order valence-electron chi connectivity index (χ0n) is 16.7. The number of halogens is 3. The average Bonchev–Trinajstić information content (AvgIpc) is 3.04. The Balaban J connectivity index is 1.37. The molecule has 1 aliphatic heterocycles. The summed E-state index contributed by atoms with van der Waals surface area (Å²) in [4.78, 5) is 34.4. The van der Waals surface area contributed by atoms with E-state index >= 15 is 0 Å². The lowest BCUT2D eigenvalue weighted by Gasteiger charge is -2.31. The Bertz CT molecular complexity index is 993. The quantitative estimate of drug-likeness (QED) is 0.633. The van der Waals surface area contributed by atoms with Gasteiger partial charge in [0.2, 0.25) is 11.8 Å². The number of benzene rings is 1. The van der Waals surface area contributed by atoms with Gasteiger partial charge in [0, 0.05) is 37.0 Å². The van der Waals surface area contributed by atoms with Crippen LogP contribution in [0.4, 0.5) is 19.0 Å². The van der Waals surface area contributed by atoms with Crippen LogP contribution in [0.25, 0.3) is 10.9 Å². The van der Waals surface area contributed by atoms with Crippen LogP contribution in [0.1, 0.15) is 24.8 Å². The maximum Gasteiger partial charge on any atom is 0.416 e. The van der Waals surface area contributed by atoms with E-state index in [1.54, 1.807) is 4.90 Å². The molecule has 31 heavy (non-hydrogen) atoms. The SMILES string of the molecule is NC1CC(C(=O)NCCN2CC[C@H](Nc3ncnc4ccc(C(F)(F)F)cc34)C2=O)C1. The number of hydrogen-bond acceptors (Lipinski definition) is 6. The number of nitrogens with two attached hydrogens (primary N) is 1. The Kier molecular flexibility index (Phi) is 5.69. The fraction of sp³-hybridized carbons (Fsp3) is 0.500. The first kappa shape index (κ1) is 21.3. The molecule has 1 saturated heterocycles. The molecule has 0 spiro atoms. The summed E-state index contributed by atoms with van der Waals surface area (Å²) >= 11 is 0. The first-order valence-electron chi connectivity index (χ1n) is 10.1. The number of aromatic nitrogens is 2. The minimum absolute atomic E-state index is 0.0454. The molecule has 11 heteroatoms. The second-order valence-electron chi connectivity index (χ2n) is 7.98. The summed E-state index contributed by atoms with van der Waals surface area (Å²) in [6.45, 7) is 1.19. The smallest absolute Gasteiger partial charge is 0.358 e. The van der Waals surface area contributed by atoms with Gasteiger partial charge in [-0.05, 0) is 37.5 Å². The zero-order chi connectivity index (χ0) is 22.2. The third-order valence-electron chi connectivity index (χ3n) is 5.80. The number of likely N-dealkylation sites (tertiary alicyclic amines) is 1. The number of carbonyl (C=O) groups excluding carboxylic acids is 2. The van der Waals surface area contributed by atoms with Crippen molar-refractivity contribution in [2.75, 3.05) is 25.0 Å². The highest BCUT2D eigenvalue weighted by atomic mass is 19.4. The first-order chi connectivity index (χ1) is 14.7. The summed E-state index contributed by atoms with van der Waals surface area (Å²) in [7, 11) is 0. The van der Waals surface area contributed by atoms with Gasteiger partial charge in [0.1, 0.15) is 18.2 Å². The molecule has 166 valence electrons. The predicted molar refractivity (Wildman–Crippen MR) is 107 cm³/mol. The molecule has 4 rings (SSSR count). The minimum Gasteiger partial charge on any atom is -0.358 e. The molecule has 2 amide bonds. The van der Waals surface area contributed by atoms with Crippen LogP contribution in [0, 0.1) is 5.92 Å². The second kappa shape index (κ2) is 8.29. The number of carbonyl (C=O) groups is 2. The lowest BCUT2D eigenvalue weighted by Crippen LogP contribution is -2.46. The molecule has 8 nitrogen and oxygen atoms in total. The zero-order valence-corrected chi connectivity index (χ0v) is 16.7. The largest absolute Gasteiger partial charge is 0.416 e. The molecule has 2 heterocycles. The van der Waals surface area contributed by atoms with E-state index < -0.39 is 17.8 Å². The minimum atomic E-state index is -4.49. The van der Waals surface area contributed by atoms with E-state index in [-0.39, 0.29) is 35.0 Å². The van der Waals surface area contributed by atoms with Gasteiger partial charge in [-0.15, -0.1) is 0 Å². The molecule has 0 unspecified atom stereocenters. The Morgan fingerprint density at radius 2 is 2.03 bits per heavy atom. The number of rotatable bonds is 6. The Morgan fingerprint density at radius 3 is 2.74 bits per heavy atom. The van der Waals surface area contributed by atoms with Crippen molar-refractivity contribution in [2.24, 2.45) is 11.7 Å². The van der Waals surface area contributed by atoms with Gasteiger partial charge in [-0.25, -0.2) is 9.97 Å². The Labute approximate surface area is 176 Å². The predicted octanol–water partition coefficient (Wildman–Crippen LogP) is 1.51. The van der Waals surface area contributed by atoms with Crippen LogP contribution in [0.2, 0.25) is 0 Å². The van der Waals surface area contributed by atoms with Crippen molar-refractivity contribution < 1.29 is 22.8 Å². The van der Waals surface area contributed by atoms with Crippen molar-refractivity contribution in [2.45, 2.75) is 37.5 Å². The highest BCUT2D eigenvalue weighted by Crippen LogP contribution is 2.33. The normalized spacial score (nSPS) is 23.7. The summed E-state index contributed by atoms with van der Waals surface area (Å²) in [5.41, 5.74) is 5.24. The van der Waals surface area contributed by atoms with Crippen LogP contribution < -0.4 is 16.4 Å². The second-order valence-corrected chi connectivity index (χ2v) is 7.98. The standard InChI is InChI=1S/C20H23F3N6O2/c21-20(22,23)12-1-2-15-14(9-12)17(27-10-26-15)28-16-3-5-29(19(16)31)6-4-25-18(30)11-7-13(24)8-11/h1-2,9-11,13,16H,3-8,24H2,(H,25,30)(H,26,27,28)/t11?,13?,16-/m0/s1. The van der Waals surface area contributed by atoms with Crippen molar-refractivity contribution in [1.82, 2.24) is 20.2 Å². The summed E-state index contributed by atoms with van der Waals surface area (Å²) in [5, 5.41) is 6.00. The number of nitrogens with zero attached hydrogens (tertiary/aromatic N) is 3. The number of anilines is 1. The number of hydrogen-bond donors (Lipinski definition) is 3. The fourth-order valence-electron chi connectivity index (χ4n) is 3.94. The molecule has 1 atom stereocenters. The molecule has 1 aliphatic carbocycles. The van der Waals surface area contributed by atoms with Gasteiger partial charge in [0.25, 0.3) is 0 Å². The van der Waals surface area contributed by atoms with E-state index in [1.807, 2.05) is 0 Å². The van der Waals surface area contributed by atoms with Crippen molar-refractivity contribution in [3.05, 3.63) is 30.1 Å². The summed E-state index contributed by atoms with van der Waals surface area (Å²) in [6.07, 6.45) is -1.39. The van der Waals surface area contributed by atoms with E-state index in [0.717, 1.165) is 12.1 Å². The van der Waals surface area contributed by atoms with Crippen molar-refractivity contribution in [1.29, 1.82) is 0 Å². The van der Waals surface area contributed by atoms with Crippen molar-refractivity contribution in [3.63, 3.8) is 0 Å². The van der Waals surface area contributed by atoms with Gasteiger partial charge in [-0.3, -0.25) is 9.59 Å². The molecule has 2 fully saturated rings. The molecule has 1 aromatic carbocycles. The molecule has 2 aromatic rings. The van der Waals surface area contributed by atoms with Gasteiger partial charge in [0.15, 0.2) is 0 Å². The van der Waals surface area contributed by atoms with E-state index in [9.17, 15) is 22.8 Å².